The summed E-state index contributed by atoms with van der Waals surface area (Å²) < 4.78 is 1.42. The number of amides is 2. The van der Waals surface area contributed by atoms with Crippen LogP contribution in [0.3, 0.4) is 0 Å². The summed E-state index contributed by atoms with van der Waals surface area (Å²) in [5.41, 5.74) is 11.5. The van der Waals surface area contributed by atoms with Gasteiger partial charge in [0.25, 0.3) is 11.5 Å². The Hall–Kier alpha value is -3.34. The highest BCUT2D eigenvalue weighted by Gasteiger charge is 2.13. The molecule has 26 heavy (non-hydrogen) atoms. The topological polar surface area (TPSA) is 147 Å². The Morgan fingerprint density at radius 3 is 2.69 bits per heavy atom. The monoisotopic (exact) mass is 373 g/mol. The summed E-state index contributed by atoms with van der Waals surface area (Å²) in [7, 11) is 0. The fourth-order valence-electron chi connectivity index (χ4n) is 2.09. The summed E-state index contributed by atoms with van der Waals surface area (Å²) in [4.78, 5) is 37.7. The predicted octanol–water partition coefficient (Wildman–Crippen LogP) is -0.138. The maximum absolute atomic E-state index is 11.9. The van der Waals surface area contributed by atoms with Gasteiger partial charge in [0.05, 0.1) is 5.75 Å². The number of fused-ring (bicyclic) bond motifs is 1. The van der Waals surface area contributed by atoms with Crippen LogP contribution in [0.25, 0.3) is 5.78 Å². The summed E-state index contributed by atoms with van der Waals surface area (Å²) in [5.74, 6) is -0.545. The third kappa shape index (κ3) is 3.83. The van der Waals surface area contributed by atoms with E-state index in [1.165, 1.54) is 10.5 Å². The smallest absolute Gasteiger partial charge is 0.269 e. The second-order valence-corrected chi connectivity index (χ2v) is 6.30. The standard InChI is InChI=1S/C15H15N7O3S/c1-8-2-4-9(5-3-8)13(25)19-18-12(24)7-26-15-21-20-14-17-11(23)6-10(16)22(14)15/h2-6H,7,16H2,1H3,(H,18,24)(H,19,25)(H,17,20,23). The van der Waals surface area contributed by atoms with E-state index in [0.29, 0.717) is 10.7 Å². The Morgan fingerprint density at radius 1 is 1.23 bits per heavy atom. The van der Waals surface area contributed by atoms with Crippen molar-refractivity contribution in [1.29, 1.82) is 0 Å². The SMILES string of the molecule is Cc1ccc(C(=O)NNC(=O)CSc2nnc3[nH]c(=O)cc(N)n23)cc1. The van der Waals surface area contributed by atoms with Crippen LogP contribution in [0.1, 0.15) is 15.9 Å². The van der Waals surface area contributed by atoms with E-state index >= 15 is 0 Å². The van der Waals surface area contributed by atoms with Crippen LogP contribution < -0.4 is 22.1 Å². The lowest BCUT2D eigenvalue weighted by Crippen LogP contribution is -2.42. The molecule has 5 N–H and O–H groups in total. The van der Waals surface area contributed by atoms with Crippen LogP contribution in [0.15, 0.2) is 40.3 Å². The Kier molecular flexibility index (Phi) is 4.89. The minimum Gasteiger partial charge on any atom is -0.385 e. The molecule has 0 aliphatic heterocycles. The molecule has 3 rings (SSSR count). The highest BCUT2D eigenvalue weighted by molar-refractivity contribution is 7.99. The number of aromatic amines is 1. The summed E-state index contributed by atoms with van der Waals surface area (Å²) in [5, 5.41) is 8.01. The highest BCUT2D eigenvalue weighted by Crippen LogP contribution is 2.17. The fourth-order valence-corrected chi connectivity index (χ4v) is 2.84. The van der Waals surface area contributed by atoms with Gasteiger partial charge < -0.3 is 5.73 Å². The molecule has 2 heterocycles. The first-order valence-corrected chi connectivity index (χ1v) is 8.45. The molecule has 0 aliphatic rings. The van der Waals surface area contributed by atoms with Crippen LogP contribution in [-0.2, 0) is 4.79 Å². The maximum Gasteiger partial charge on any atom is 0.269 e. The van der Waals surface area contributed by atoms with Gasteiger partial charge in [-0.05, 0) is 19.1 Å². The zero-order valence-corrected chi connectivity index (χ0v) is 14.5. The molecule has 0 bridgehead atoms. The molecule has 0 atom stereocenters. The van der Waals surface area contributed by atoms with Crippen molar-refractivity contribution in [3.05, 3.63) is 51.8 Å². The van der Waals surface area contributed by atoms with Crippen molar-refractivity contribution in [2.75, 3.05) is 11.5 Å². The molecular weight excluding hydrogens is 358 g/mol. The minimum absolute atomic E-state index is 0.0342. The largest absolute Gasteiger partial charge is 0.385 e. The van der Waals surface area contributed by atoms with Crippen molar-refractivity contribution in [3.63, 3.8) is 0 Å². The van der Waals surface area contributed by atoms with Gasteiger partial charge in [0.2, 0.25) is 11.7 Å². The maximum atomic E-state index is 11.9. The number of nitrogen functional groups attached to an aromatic ring is 1. The molecule has 0 aliphatic carbocycles. The lowest BCUT2D eigenvalue weighted by Gasteiger charge is -2.07. The number of nitrogens with one attached hydrogen (secondary N) is 3. The van der Waals surface area contributed by atoms with E-state index in [-0.39, 0.29) is 17.3 Å². The van der Waals surface area contributed by atoms with E-state index in [0.717, 1.165) is 17.3 Å². The molecule has 11 heteroatoms. The lowest BCUT2D eigenvalue weighted by atomic mass is 10.1. The van der Waals surface area contributed by atoms with E-state index in [4.69, 9.17) is 5.73 Å². The van der Waals surface area contributed by atoms with Gasteiger partial charge in [-0.1, -0.05) is 29.5 Å². The lowest BCUT2D eigenvalue weighted by molar-refractivity contribution is -0.119. The molecule has 134 valence electrons. The number of hydrogen-bond acceptors (Lipinski definition) is 7. The molecule has 0 unspecified atom stereocenters. The van der Waals surface area contributed by atoms with Crippen LogP contribution >= 0.6 is 11.8 Å². The third-order valence-corrected chi connectivity index (χ3v) is 4.30. The van der Waals surface area contributed by atoms with Gasteiger partial charge in [-0.15, -0.1) is 10.2 Å². The summed E-state index contributed by atoms with van der Waals surface area (Å²) >= 11 is 1.06. The quantitative estimate of drug-likeness (QED) is 0.367. The average Bonchev–Trinajstić information content (AvgIpc) is 3.01. The summed E-state index contributed by atoms with van der Waals surface area (Å²) in [6.07, 6.45) is 0. The van der Waals surface area contributed by atoms with Crippen LogP contribution in [0.5, 0.6) is 0 Å². The fraction of sp³-hybridized carbons (Fsp3) is 0.133. The molecule has 0 saturated heterocycles. The van der Waals surface area contributed by atoms with E-state index in [9.17, 15) is 14.4 Å². The number of aryl methyl sites for hydroxylation is 1. The number of aromatic nitrogens is 4. The third-order valence-electron chi connectivity index (χ3n) is 3.37. The molecule has 2 aromatic heterocycles. The number of rotatable bonds is 4. The number of nitrogens with two attached hydrogens (primary N) is 1. The number of carbonyl (C=O) groups excluding carboxylic acids is 2. The molecule has 0 radical (unpaired) electrons. The van der Waals surface area contributed by atoms with E-state index < -0.39 is 17.4 Å². The normalized spacial score (nSPS) is 10.7. The van der Waals surface area contributed by atoms with Crippen molar-refractivity contribution in [2.45, 2.75) is 12.1 Å². The number of carbonyl (C=O) groups is 2. The Balaban J connectivity index is 1.57. The van der Waals surface area contributed by atoms with Gasteiger partial charge in [0, 0.05) is 11.6 Å². The van der Waals surface area contributed by atoms with Crippen molar-refractivity contribution in [2.24, 2.45) is 0 Å². The van der Waals surface area contributed by atoms with Gasteiger partial charge in [-0.25, -0.2) is 4.40 Å². The van der Waals surface area contributed by atoms with Crippen LogP contribution in [0, 0.1) is 6.92 Å². The van der Waals surface area contributed by atoms with Gasteiger partial charge in [-0.2, -0.15) is 0 Å². The van der Waals surface area contributed by atoms with Crippen molar-refractivity contribution >= 4 is 35.2 Å². The second-order valence-electron chi connectivity index (χ2n) is 5.36. The molecule has 0 fully saturated rings. The Morgan fingerprint density at radius 2 is 1.96 bits per heavy atom. The predicted molar refractivity (Wildman–Crippen MR) is 95.5 cm³/mol. The first kappa shape index (κ1) is 17.5. The molecule has 2 amide bonds. The van der Waals surface area contributed by atoms with Gasteiger partial charge >= 0.3 is 0 Å². The zero-order valence-electron chi connectivity index (χ0n) is 13.6. The van der Waals surface area contributed by atoms with Gasteiger partial charge in [-0.3, -0.25) is 30.2 Å². The Bertz CT molecular complexity index is 1030. The molecule has 3 aromatic rings. The molecule has 0 spiro atoms. The van der Waals surface area contributed by atoms with E-state index in [2.05, 4.69) is 26.0 Å². The molecule has 1 aromatic carbocycles. The van der Waals surface area contributed by atoms with Crippen molar-refractivity contribution in [1.82, 2.24) is 30.4 Å². The second kappa shape index (κ2) is 7.27. The number of benzene rings is 1. The van der Waals surface area contributed by atoms with Crippen LogP contribution in [0.2, 0.25) is 0 Å². The van der Waals surface area contributed by atoms with E-state index in [1.54, 1.807) is 24.3 Å². The zero-order chi connectivity index (χ0) is 18.7. The summed E-state index contributed by atoms with van der Waals surface area (Å²) in [6, 6.07) is 8.13. The van der Waals surface area contributed by atoms with Crippen LogP contribution in [0.4, 0.5) is 5.82 Å². The number of nitrogens with zero attached hydrogens (tertiary/aromatic N) is 3. The number of thioether (sulfide) groups is 1. The number of hydrogen-bond donors (Lipinski definition) is 4. The first-order chi connectivity index (χ1) is 12.4. The van der Waals surface area contributed by atoms with Crippen LogP contribution in [-0.4, -0.2) is 37.1 Å². The van der Waals surface area contributed by atoms with E-state index in [1.807, 2.05) is 6.92 Å². The molecular formula is C15H15N7O3S. The van der Waals surface area contributed by atoms with Crippen molar-refractivity contribution in [3.8, 4) is 0 Å². The molecule has 0 saturated carbocycles. The average molecular weight is 373 g/mol. The summed E-state index contributed by atoms with van der Waals surface area (Å²) in [6.45, 7) is 1.91. The molecule has 10 nitrogen and oxygen atoms in total. The van der Waals surface area contributed by atoms with Gasteiger partial charge in [0.15, 0.2) is 5.16 Å². The number of hydrazine groups is 1. The van der Waals surface area contributed by atoms with Gasteiger partial charge in [0.1, 0.15) is 5.82 Å². The number of H-pyrrole nitrogens is 1. The number of anilines is 1. The minimum atomic E-state index is -0.435. The highest BCUT2D eigenvalue weighted by atomic mass is 32.2. The Labute approximate surface area is 151 Å². The first-order valence-electron chi connectivity index (χ1n) is 7.46. The van der Waals surface area contributed by atoms with Crippen molar-refractivity contribution < 1.29 is 9.59 Å².